The third-order valence-electron chi connectivity index (χ3n) is 5.70. The quantitative estimate of drug-likeness (QED) is 0.612. The first-order chi connectivity index (χ1) is 13.3. The maximum Gasteiger partial charge on any atom is 0.0918 e. The van der Waals surface area contributed by atoms with Gasteiger partial charge in [0.1, 0.15) is 0 Å². The second kappa shape index (κ2) is 7.80. The normalized spacial score (nSPS) is 21.6. The first kappa shape index (κ1) is 17.6. The first-order valence-corrected chi connectivity index (χ1v) is 9.49. The van der Waals surface area contributed by atoms with Crippen LogP contribution in [0.25, 0.3) is 5.57 Å². The van der Waals surface area contributed by atoms with Gasteiger partial charge in [-0.3, -0.25) is 9.80 Å². The molecule has 0 radical (unpaired) electrons. The van der Waals surface area contributed by atoms with Gasteiger partial charge in [-0.2, -0.15) is 5.26 Å². The lowest BCUT2D eigenvalue weighted by molar-refractivity contribution is 0.104. The Balaban J connectivity index is 1.76. The van der Waals surface area contributed by atoms with Crippen LogP contribution in [-0.2, 0) is 6.42 Å². The first-order valence-electron chi connectivity index (χ1n) is 9.49. The van der Waals surface area contributed by atoms with Crippen molar-refractivity contribution in [2.24, 2.45) is 0 Å². The topological polar surface area (TPSA) is 30.3 Å². The number of fused-ring (bicyclic) bond motifs is 2. The van der Waals surface area contributed by atoms with E-state index < -0.39 is 0 Å². The van der Waals surface area contributed by atoms with Crippen LogP contribution in [0.1, 0.15) is 28.3 Å². The fourth-order valence-corrected chi connectivity index (χ4v) is 4.37. The summed E-state index contributed by atoms with van der Waals surface area (Å²) < 4.78 is 0. The molecule has 1 fully saturated rings. The number of hydrogen-bond donors (Lipinski definition) is 0. The van der Waals surface area contributed by atoms with Crippen LogP contribution in [0.4, 0.5) is 0 Å². The smallest absolute Gasteiger partial charge is 0.0918 e. The van der Waals surface area contributed by atoms with E-state index in [-0.39, 0.29) is 0 Å². The van der Waals surface area contributed by atoms with Gasteiger partial charge >= 0.3 is 0 Å². The standard InChI is InChI=1S/C24H23N3/c1-2-13-26-14-16-27(17-15-26)24-18-19-7-3-4-8-20(19)22(11-12-25)21-9-5-6-10-23(21)24/h1,3-11,24H,13-18H2. The van der Waals surface area contributed by atoms with Gasteiger partial charge in [0.05, 0.1) is 12.6 Å². The lowest BCUT2D eigenvalue weighted by Crippen LogP contribution is -2.48. The Morgan fingerprint density at radius 1 is 1.00 bits per heavy atom. The molecule has 3 nitrogen and oxygen atoms in total. The van der Waals surface area contributed by atoms with Crippen LogP contribution in [0, 0.1) is 23.7 Å². The number of piperazine rings is 1. The minimum atomic E-state index is 0.319. The summed E-state index contributed by atoms with van der Waals surface area (Å²) in [7, 11) is 0. The molecule has 0 N–H and O–H groups in total. The number of nitrogens with zero attached hydrogens (tertiary/aromatic N) is 3. The van der Waals surface area contributed by atoms with Crippen LogP contribution in [0.3, 0.4) is 0 Å². The van der Waals surface area contributed by atoms with Crippen LogP contribution in [0.5, 0.6) is 0 Å². The molecule has 0 saturated carbocycles. The number of nitriles is 1. The van der Waals surface area contributed by atoms with Crippen molar-refractivity contribution in [1.29, 1.82) is 5.26 Å². The molecule has 1 aliphatic heterocycles. The summed E-state index contributed by atoms with van der Waals surface area (Å²) in [6.07, 6.45) is 8.14. The molecule has 0 amide bonds. The van der Waals surface area contributed by atoms with E-state index in [0.717, 1.165) is 44.7 Å². The van der Waals surface area contributed by atoms with E-state index in [2.05, 4.69) is 70.3 Å². The SMILES string of the molecule is C#CCN1CCN(C2Cc3ccccc3C(=CC#N)c3ccccc32)CC1. The van der Waals surface area contributed by atoms with E-state index in [9.17, 15) is 5.26 Å². The Morgan fingerprint density at radius 2 is 1.70 bits per heavy atom. The molecule has 2 aromatic rings. The van der Waals surface area contributed by atoms with Gasteiger partial charge < -0.3 is 0 Å². The number of hydrogen-bond acceptors (Lipinski definition) is 3. The van der Waals surface area contributed by atoms with Gasteiger partial charge in [0.25, 0.3) is 0 Å². The number of benzene rings is 2. The molecule has 4 rings (SSSR count). The van der Waals surface area contributed by atoms with Crippen LogP contribution >= 0.6 is 0 Å². The van der Waals surface area contributed by atoms with Crippen LogP contribution in [-0.4, -0.2) is 42.5 Å². The van der Waals surface area contributed by atoms with Crippen molar-refractivity contribution in [3.05, 3.63) is 76.9 Å². The summed E-state index contributed by atoms with van der Waals surface area (Å²) in [6.45, 7) is 4.77. The molecule has 1 unspecified atom stereocenters. The van der Waals surface area contributed by atoms with Gasteiger partial charge in [0, 0.05) is 38.3 Å². The van der Waals surface area contributed by atoms with Gasteiger partial charge in [-0.1, -0.05) is 54.5 Å². The summed E-state index contributed by atoms with van der Waals surface area (Å²) in [5.74, 6) is 2.76. The van der Waals surface area contributed by atoms with Gasteiger partial charge in [-0.15, -0.1) is 6.42 Å². The summed E-state index contributed by atoms with van der Waals surface area (Å²) in [4.78, 5) is 4.92. The van der Waals surface area contributed by atoms with Crippen molar-refractivity contribution >= 4 is 5.57 Å². The predicted molar refractivity (Wildman–Crippen MR) is 109 cm³/mol. The summed E-state index contributed by atoms with van der Waals surface area (Å²) in [5.41, 5.74) is 6.03. The zero-order valence-corrected chi connectivity index (χ0v) is 15.4. The van der Waals surface area contributed by atoms with Gasteiger partial charge in [0.2, 0.25) is 0 Å². The van der Waals surface area contributed by atoms with E-state index in [1.54, 1.807) is 6.08 Å². The van der Waals surface area contributed by atoms with Crippen molar-refractivity contribution in [3.63, 3.8) is 0 Å². The minimum Gasteiger partial charge on any atom is -0.293 e. The largest absolute Gasteiger partial charge is 0.293 e. The van der Waals surface area contributed by atoms with E-state index in [1.807, 2.05) is 0 Å². The molecule has 1 saturated heterocycles. The fraction of sp³-hybridized carbons (Fsp3) is 0.292. The molecular formula is C24H23N3. The highest BCUT2D eigenvalue weighted by atomic mass is 15.3. The molecule has 1 heterocycles. The molecule has 2 aromatic carbocycles. The molecule has 134 valence electrons. The highest BCUT2D eigenvalue weighted by Gasteiger charge is 2.30. The molecule has 3 heteroatoms. The average Bonchev–Trinajstić information content (AvgIpc) is 2.85. The van der Waals surface area contributed by atoms with Gasteiger partial charge in [-0.05, 0) is 34.2 Å². The lowest BCUT2D eigenvalue weighted by Gasteiger charge is -2.39. The monoisotopic (exact) mass is 353 g/mol. The van der Waals surface area contributed by atoms with Crippen molar-refractivity contribution in [1.82, 2.24) is 9.80 Å². The Labute approximate surface area is 161 Å². The van der Waals surface area contributed by atoms with Crippen LogP contribution < -0.4 is 0 Å². The summed E-state index contributed by atoms with van der Waals surface area (Å²) in [5, 5.41) is 9.40. The van der Waals surface area contributed by atoms with E-state index in [1.165, 1.54) is 22.3 Å². The maximum atomic E-state index is 9.40. The van der Waals surface area contributed by atoms with Crippen molar-refractivity contribution in [2.45, 2.75) is 12.5 Å². The average molecular weight is 353 g/mol. The number of rotatable bonds is 2. The van der Waals surface area contributed by atoms with E-state index >= 15 is 0 Å². The third kappa shape index (κ3) is 3.40. The highest BCUT2D eigenvalue weighted by molar-refractivity contribution is 5.85. The molecule has 1 atom stereocenters. The third-order valence-corrected chi connectivity index (χ3v) is 5.70. The van der Waals surface area contributed by atoms with Crippen molar-refractivity contribution in [3.8, 4) is 18.4 Å². The summed E-state index contributed by atoms with van der Waals surface area (Å²) in [6, 6.07) is 19.6. The molecule has 0 spiro atoms. The fourth-order valence-electron chi connectivity index (χ4n) is 4.37. The minimum absolute atomic E-state index is 0.319. The van der Waals surface area contributed by atoms with E-state index in [4.69, 9.17) is 6.42 Å². The zero-order chi connectivity index (χ0) is 18.6. The van der Waals surface area contributed by atoms with E-state index in [0.29, 0.717) is 6.04 Å². The lowest BCUT2D eigenvalue weighted by atomic mass is 9.93. The molecule has 0 aromatic heterocycles. The molecule has 1 aliphatic carbocycles. The molecule has 27 heavy (non-hydrogen) atoms. The van der Waals surface area contributed by atoms with Crippen molar-refractivity contribution < 1.29 is 0 Å². The highest BCUT2D eigenvalue weighted by Crippen LogP contribution is 2.40. The second-order valence-corrected chi connectivity index (χ2v) is 7.17. The summed E-state index contributed by atoms with van der Waals surface area (Å²) >= 11 is 0. The Bertz CT molecular complexity index is 937. The Morgan fingerprint density at radius 3 is 2.44 bits per heavy atom. The molecular weight excluding hydrogens is 330 g/mol. The number of terminal acetylenes is 1. The van der Waals surface area contributed by atoms with Crippen LogP contribution in [0.2, 0.25) is 0 Å². The maximum absolute atomic E-state index is 9.40. The number of allylic oxidation sites excluding steroid dienone is 1. The molecule has 2 aliphatic rings. The second-order valence-electron chi connectivity index (χ2n) is 7.17. The van der Waals surface area contributed by atoms with Gasteiger partial charge in [-0.25, -0.2) is 0 Å². The Kier molecular flexibility index (Phi) is 5.07. The Hall–Kier alpha value is -2.85. The van der Waals surface area contributed by atoms with Gasteiger partial charge in [0.15, 0.2) is 0 Å². The zero-order valence-electron chi connectivity index (χ0n) is 15.4. The predicted octanol–water partition coefficient (Wildman–Crippen LogP) is 3.49. The molecule has 0 bridgehead atoms. The van der Waals surface area contributed by atoms with Crippen LogP contribution in [0.15, 0.2) is 54.6 Å². The van der Waals surface area contributed by atoms with Crippen molar-refractivity contribution in [2.75, 3.05) is 32.7 Å².